The molecule has 0 radical (unpaired) electrons. The molecule has 0 saturated carbocycles. The Morgan fingerprint density at radius 1 is 0.806 bits per heavy atom. The summed E-state index contributed by atoms with van der Waals surface area (Å²) in [4.78, 5) is 0. The standard InChI is InChI=1S/C28H56O3/c1-7-13-25(5)27-26(31-27)21-24(4)15-11-14-22(2)20-23(3)16-12-18-28(6,30)17-9-8-10-19-29/h22-27,29-30H,7-21H2,1-6H3. The van der Waals surface area contributed by atoms with E-state index in [1.807, 2.05) is 6.92 Å². The van der Waals surface area contributed by atoms with Crippen LogP contribution in [0.15, 0.2) is 0 Å². The summed E-state index contributed by atoms with van der Waals surface area (Å²) in [5.41, 5.74) is -0.532. The van der Waals surface area contributed by atoms with Crippen molar-refractivity contribution in [3.05, 3.63) is 0 Å². The van der Waals surface area contributed by atoms with Gasteiger partial charge in [-0.1, -0.05) is 86.0 Å². The fraction of sp³-hybridized carbons (Fsp3) is 1.00. The van der Waals surface area contributed by atoms with Crippen LogP contribution in [0.3, 0.4) is 0 Å². The van der Waals surface area contributed by atoms with Gasteiger partial charge in [0.15, 0.2) is 0 Å². The van der Waals surface area contributed by atoms with Gasteiger partial charge in [0.05, 0.1) is 17.8 Å². The number of ether oxygens (including phenoxy) is 1. The van der Waals surface area contributed by atoms with Gasteiger partial charge < -0.3 is 14.9 Å². The highest BCUT2D eigenvalue weighted by molar-refractivity contribution is 4.89. The van der Waals surface area contributed by atoms with Gasteiger partial charge in [0.1, 0.15) is 0 Å². The first kappa shape index (κ1) is 28.9. The third-order valence-electron chi connectivity index (χ3n) is 7.55. The van der Waals surface area contributed by atoms with Crippen LogP contribution >= 0.6 is 0 Å². The second-order valence-corrected chi connectivity index (χ2v) is 11.5. The average molecular weight is 441 g/mol. The Morgan fingerprint density at radius 2 is 1.42 bits per heavy atom. The maximum atomic E-state index is 10.5. The van der Waals surface area contributed by atoms with E-state index in [4.69, 9.17) is 9.84 Å². The topological polar surface area (TPSA) is 53.0 Å². The van der Waals surface area contributed by atoms with Gasteiger partial charge in [-0.05, 0) is 69.1 Å². The Bertz CT molecular complexity index is 436. The van der Waals surface area contributed by atoms with Crippen LogP contribution in [0.25, 0.3) is 0 Å². The zero-order chi connectivity index (χ0) is 23.3. The number of aliphatic hydroxyl groups is 2. The molecule has 1 aliphatic heterocycles. The van der Waals surface area contributed by atoms with Gasteiger partial charge in [0.25, 0.3) is 0 Å². The lowest BCUT2D eigenvalue weighted by atomic mass is 9.86. The lowest BCUT2D eigenvalue weighted by Gasteiger charge is -2.24. The molecule has 3 nitrogen and oxygen atoms in total. The van der Waals surface area contributed by atoms with Crippen molar-refractivity contribution in [1.29, 1.82) is 0 Å². The molecular formula is C28H56O3. The second-order valence-electron chi connectivity index (χ2n) is 11.5. The number of hydrogen-bond donors (Lipinski definition) is 2. The predicted molar refractivity (Wildman–Crippen MR) is 133 cm³/mol. The summed E-state index contributed by atoms with van der Waals surface area (Å²) in [5, 5.41) is 19.4. The van der Waals surface area contributed by atoms with E-state index in [1.165, 1.54) is 51.4 Å². The summed E-state index contributed by atoms with van der Waals surface area (Å²) in [5.74, 6) is 3.07. The number of rotatable bonds is 20. The van der Waals surface area contributed by atoms with E-state index < -0.39 is 5.60 Å². The van der Waals surface area contributed by atoms with Crippen LogP contribution in [0.5, 0.6) is 0 Å². The molecule has 2 N–H and O–H groups in total. The van der Waals surface area contributed by atoms with Crippen LogP contribution < -0.4 is 0 Å². The molecular weight excluding hydrogens is 384 g/mol. The minimum absolute atomic E-state index is 0.268. The first-order valence-corrected chi connectivity index (χ1v) is 13.7. The molecule has 0 bridgehead atoms. The first-order chi connectivity index (χ1) is 14.7. The van der Waals surface area contributed by atoms with Crippen LogP contribution in [-0.2, 0) is 4.74 Å². The van der Waals surface area contributed by atoms with Crippen molar-refractivity contribution in [3.8, 4) is 0 Å². The normalized spacial score (nSPS) is 24.4. The van der Waals surface area contributed by atoms with Crippen LogP contribution in [0.1, 0.15) is 131 Å². The monoisotopic (exact) mass is 440 g/mol. The summed E-state index contributed by atoms with van der Waals surface area (Å²) in [7, 11) is 0. The van der Waals surface area contributed by atoms with Gasteiger partial charge in [0, 0.05) is 6.61 Å². The fourth-order valence-electron chi connectivity index (χ4n) is 5.47. The molecule has 1 fully saturated rings. The summed E-state index contributed by atoms with van der Waals surface area (Å²) in [6.07, 6.45) is 17.3. The molecule has 7 atom stereocenters. The summed E-state index contributed by atoms with van der Waals surface area (Å²) in [6, 6.07) is 0. The SMILES string of the molecule is CCCC(C)C1OC1CC(C)CCCC(C)CC(C)CCCC(C)(O)CCCCCO. The minimum Gasteiger partial charge on any atom is -0.396 e. The molecule has 7 unspecified atom stereocenters. The lowest BCUT2D eigenvalue weighted by molar-refractivity contribution is 0.0352. The van der Waals surface area contributed by atoms with Gasteiger partial charge in [-0.25, -0.2) is 0 Å². The second kappa shape index (κ2) is 15.7. The van der Waals surface area contributed by atoms with Gasteiger partial charge in [-0.3, -0.25) is 0 Å². The summed E-state index contributed by atoms with van der Waals surface area (Å²) in [6.45, 7) is 14.1. The van der Waals surface area contributed by atoms with Gasteiger partial charge in [-0.15, -0.1) is 0 Å². The number of unbranched alkanes of at least 4 members (excludes halogenated alkanes) is 2. The zero-order valence-electron chi connectivity index (χ0n) is 21.9. The van der Waals surface area contributed by atoms with E-state index in [9.17, 15) is 5.11 Å². The number of hydrogen-bond acceptors (Lipinski definition) is 3. The van der Waals surface area contributed by atoms with Gasteiger partial charge in [0.2, 0.25) is 0 Å². The molecule has 3 heteroatoms. The van der Waals surface area contributed by atoms with Crippen molar-refractivity contribution in [2.45, 2.75) is 149 Å². The molecule has 1 heterocycles. The molecule has 1 aliphatic rings. The van der Waals surface area contributed by atoms with E-state index in [2.05, 4.69) is 34.6 Å². The third-order valence-corrected chi connectivity index (χ3v) is 7.55. The summed E-state index contributed by atoms with van der Waals surface area (Å²) < 4.78 is 5.95. The van der Waals surface area contributed by atoms with Crippen molar-refractivity contribution >= 4 is 0 Å². The molecule has 31 heavy (non-hydrogen) atoms. The highest BCUT2D eigenvalue weighted by atomic mass is 16.6. The summed E-state index contributed by atoms with van der Waals surface area (Å²) >= 11 is 0. The smallest absolute Gasteiger partial charge is 0.0867 e. The molecule has 0 aromatic carbocycles. The van der Waals surface area contributed by atoms with Crippen LogP contribution in [0.2, 0.25) is 0 Å². The highest BCUT2D eigenvalue weighted by Gasteiger charge is 2.42. The lowest BCUT2D eigenvalue weighted by Crippen LogP contribution is -2.24. The third kappa shape index (κ3) is 13.9. The number of epoxide rings is 1. The maximum Gasteiger partial charge on any atom is 0.0867 e. The van der Waals surface area contributed by atoms with Gasteiger partial charge >= 0.3 is 0 Å². The fourth-order valence-corrected chi connectivity index (χ4v) is 5.47. The maximum absolute atomic E-state index is 10.5. The quantitative estimate of drug-likeness (QED) is 0.152. The Hall–Kier alpha value is -0.120. The Kier molecular flexibility index (Phi) is 14.6. The van der Waals surface area contributed by atoms with Crippen molar-refractivity contribution in [2.75, 3.05) is 6.61 Å². The van der Waals surface area contributed by atoms with Crippen molar-refractivity contribution < 1.29 is 14.9 Å². The molecule has 1 saturated heterocycles. The highest BCUT2D eigenvalue weighted by Crippen LogP contribution is 2.37. The average Bonchev–Trinajstić information content (AvgIpc) is 3.44. The molecule has 0 spiro atoms. The van der Waals surface area contributed by atoms with E-state index in [0.29, 0.717) is 12.2 Å². The van der Waals surface area contributed by atoms with E-state index in [0.717, 1.165) is 62.2 Å². The Morgan fingerprint density at radius 3 is 2.06 bits per heavy atom. The molecule has 0 amide bonds. The van der Waals surface area contributed by atoms with Crippen LogP contribution in [0.4, 0.5) is 0 Å². The Balaban J connectivity index is 2.06. The van der Waals surface area contributed by atoms with Crippen LogP contribution in [0, 0.1) is 23.7 Å². The molecule has 1 rings (SSSR count). The first-order valence-electron chi connectivity index (χ1n) is 13.7. The van der Waals surface area contributed by atoms with Gasteiger partial charge in [-0.2, -0.15) is 0 Å². The van der Waals surface area contributed by atoms with E-state index in [1.54, 1.807) is 0 Å². The molecule has 0 aliphatic carbocycles. The molecule has 186 valence electrons. The predicted octanol–water partition coefficient (Wildman–Crippen LogP) is 7.52. The van der Waals surface area contributed by atoms with Crippen molar-refractivity contribution in [3.63, 3.8) is 0 Å². The largest absolute Gasteiger partial charge is 0.396 e. The Labute approximate surface area is 194 Å². The molecule has 0 aromatic heterocycles. The minimum atomic E-state index is -0.532. The van der Waals surface area contributed by atoms with Crippen molar-refractivity contribution in [2.24, 2.45) is 23.7 Å². The zero-order valence-corrected chi connectivity index (χ0v) is 21.9. The van der Waals surface area contributed by atoms with E-state index >= 15 is 0 Å². The number of aliphatic hydroxyl groups excluding tert-OH is 1. The molecule has 0 aromatic rings. The van der Waals surface area contributed by atoms with Crippen molar-refractivity contribution in [1.82, 2.24) is 0 Å². The van der Waals surface area contributed by atoms with Crippen LogP contribution in [-0.4, -0.2) is 34.6 Å². The van der Waals surface area contributed by atoms with E-state index in [-0.39, 0.29) is 6.61 Å².